The Hall–Kier alpha value is -3.04. The molecule has 0 spiro atoms. The Morgan fingerprint density at radius 2 is 1.89 bits per heavy atom. The van der Waals surface area contributed by atoms with E-state index in [1.165, 1.54) is 12.1 Å². The van der Waals surface area contributed by atoms with E-state index in [1.807, 2.05) is 0 Å². The van der Waals surface area contributed by atoms with E-state index < -0.39 is 23.1 Å². The number of aromatic nitrogens is 2. The van der Waals surface area contributed by atoms with E-state index in [0.717, 1.165) is 7.05 Å². The molecule has 0 saturated carbocycles. The Morgan fingerprint density at radius 3 is 2.52 bits per heavy atom. The summed E-state index contributed by atoms with van der Waals surface area (Å²) in [5.41, 5.74) is -2.03. The van der Waals surface area contributed by atoms with Crippen molar-refractivity contribution in [2.75, 3.05) is 20.7 Å². The number of alkyl halides is 3. The van der Waals surface area contributed by atoms with Crippen molar-refractivity contribution >= 4 is 5.71 Å². The fourth-order valence-electron chi connectivity index (χ4n) is 2.88. The fraction of sp³-hybridized carbons (Fsp3) is 0.353. The van der Waals surface area contributed by atoms with Crippen LogP contribution < -0.4 is 16.0 Å². The largest absolute Gasteiger partial charge is 0.492 e. The molecule has 0 bridgehead atoms. The van der Waals surface area contributed by atoms with Crippen LogP contribution in [0.1, 0.15) is 17.7 Å². The summed E-state index contributed by atoms with van der Waals surface area (Å²) in [7, 11) is 4.48. The quantitative estimate of drug-likeness (QED) is 0.740. The van der Waals surface area contributed by atoms with Crippen molar-refractivity contribution in [2.45, 2.75) is 12.6 Å². The lowest BCUT2D eigenvalue weighted by atomic mass is 10.0. The van der Waals surface area contributed by atoms with Crippen molar-refractivity contribution in [2.24, 2.45) is 12.1 Å². The highest BCUT2D eigenvalue weighted by Gasteiger charge is 2.35. The molecule has 0 fully saturated rings. The molecule has 0 unspecified atom stereocenters. The Labute approximate surface area is 151 Å². The number of ether oxygens (including phenoxy) is 1. The van der Waals surface area contributed by atoms with Gasteiger partial charge in [-0.15, -0.1) is 0 Å². The average molecular weight is 382 g/mol. The lowest BCUT2D eigenvalue weighted by molar-refractivity contribution is -0.144. The lowest BCUT2D eigenvalue weighted by Gasteiger charge is -2.21. The highest BCUT2D eigenvalue weighted by molar-refractivity contribution is 6.04. The number of fused-ring (bicyclic) bond motifs is 1. The third-order valence-corrected chi connectivity index (χ3v) is 4.06. The van der Waals surface area contributed by atoms with Crippen LogP contribution in [0.25, 0.3) is 5.69 Å². The first-order chi connectivity index (χ1) is 12.6. The molecule has 1 aliphatic heterocycles. The van der Waals surface area contributed by atoms with Crippen LogP contribution in [0.5, 0.6) is 5.75 Å². The maximum atomic E-state index is 13.0. The van der Waals surface area contributed by atoms with E-state index in [1.54, 1.807) is 25.2 Å². The fourth-order valence-corrected chi connectivity index (χ4v) is 2.88. The molecule has 1 aliphatic rings. The summed E-state index contributed by atoms with van der Waals surface area (Å²) in [4.78, 5) is 24.7. The summed E-state index contributed by atoms with van der Waals surface area (Å²) in [5, 5.41) is 5.98. The molecule has 0 radical (unpaired) electrons. The van der Waals surface area contributed by atoms with E-state index in [-0.39, 0.29) is 5.69 Å². The summed E-state index contributed by atoms with van der Waals surface area (Å²) in [6.07, 6.45) is -4.28. The van der Waals surface area contributed by atoms with Crippen LogP contribution >= 0.6 is 0 Å². The summed E-state index contributed by atoms with van der Waals surface area (Å²) in [6.45, 7) is 0.432. The van der Waals surface area contributed by atoms with Crippen LogP contribution in [-0.2, 0) is 13.2 Å². The van der Waals surface area contributed by atoms with Crippen molar-refractivity contribution in [3.63, 3.8) is 0 Å². The highest BCUT2D eigenvalue weighted by atomic mass is 19.4. The van der Waals surface area contributed by atoms with Gasteiger partial charge in [-0.2, -0.15) is 18.3 Å². The molecule has 3 rings (SSSR count). The van der Waals surface area contributed by atoms with Gasteiger partial charge in [0.05, 0.1) is 18.0 Å². The molecule has 0 aliphatic carbocycles. The van der Waals surface area contributed by atoms with Crippen molar-refractivity contribution in [1.82, 2.24) is 14.1 Å². The van der Waals surface area contributed by atoms with Gasteiger partial charge in [-0.1, -0.05) is 0 Å². The number of halogens is 3. The number of rotatable bonds is 2. The molecule has 10 heteroatoms. The Bertz CT molecular complexity index is 1040. The second-order valence-electron chi connectivity index (χ2n) is 6.22. The molecule has 0 N–H and O–H groups in total. The van der Waals surface area contributed by atoms with E-state index in [2.05, 4.69) is 5.10 Å². The lowest BCUT2D eigenvalue weighted by Crippen LogP contribution is -2.40. The monoisotopic (exact) mass is 382 g/mol. The van der Waals surface area contributed by atoms with E-state index in [4.69, 9.17) is 4.74 Å². The maximum Gasteiger partial charge on any atom is 0.431 e. The molecular weight excluding hydrogens is 365 g/mol. The van der Waals surface area contributed by atoms with Crippen molar-refractivity contribution in [1.29, 1.82) is 0 Å². The minimum Gasteiger partial charge on any atom is -0.492 e. The van der Waals surface area contributed by atoms with Crippen LogP contribution in [0.3, 0.4) is 0 Å². The first-order valence-corrected chi connectivity index (χ1v) is 8.02. The van der Waals surface area contributed by atoms with Gasteiger partial charge in [0, 0.05) is 39.2 Å². The van der Waals surface area contributed by atoms with Crippen LogP contribution in [0.15, 0.2) is 39.0 Å². The van der Waals surface area contributed by atoms with Gasteiger partial charge in [-0.3, -0.25) is 9.36 Å². The van der Waals surface area contributed by atoms with Crippen LogP contribution in [0.2, 0.25) is 0 Å². The zero-order valence-electron chi connectivity index (χ0n) is 14.9. The predicted molar refractivity (Wildman–Crippen MR) is 92.6 cm³/mol. The van der Waals surface area contributed by atoms with Crippen molar-refractivity contribution in [3.8, 4) is 11.4 Å². The topological polar surface area (TPSA) is 68.8 Å². The average Bonchev–Trinajstić information content (AvgIpc) is 2.57. The van der Waals surface area contributed by atoms with Gasteiger partial charge in [0.25, 0.3) is 5.56 Å². The molecular formula is C17H17F3N4O3. The number of nitrogens with zero attached hydrogens (tertiary/aromatic N) is 4. The Kier molecular flexibility index (Phi) is 4.58. The molecule has 2 aromatic rings. The summed E-state index contributed by atoms with van der Waals surface area (Å²) in [6, 6.07) is 4.95. The minimum absolute atomic E-state index is 0.144. The van der Waals surface area contributed by atoms with Crippen molar-refractivity contribution < 1.29 is 17.9 Å². The Balaban J connectivity index is 2.21. The van der Waals surface area contributed by atoms with Crippen LogP contribution in [0.4, 0.5) is 13.2 Å². The number of hydrogen-bond acceptors (Lipinski definition) is 5. The van der Waals surface area contributed by atoms with Gasteiger partial charge < -0.3 is 9.75 Å². The van der Waals surface area contributed by atoms with E-state index in [9.17, 15) is 22.8 Å². The van der Waals surface area contributed by atoms with Gasteiger partial charge >= 0.3 is 11.9 Å². The molecule has 1 aromatic carbocycles. The molecule has 2 heterocycles. The van der Waals surface area contributed by atoms with Crippen LogP contribution in [-0.4, -0.2) is 40.6 Å². The second kappa shape index (κ2) is 6.60. The van der Waals surface area contributed by atoms with E-state index >= 15 is 0 Å². The summed E-state index contributed by atoms with van der Waals surface area (Å²) in [5.74, 6) is 0.530. The zero-order valence-corrected chi connectivity index (χ0v) is 14.9. The maximum absolute atomic E-state index is 13.0. The predicted octanol–water partition coefficient (Wildman–Crippen LogP) is 1.60. The molecule has 1 aromatic heterocycles. The van der Waals surface area contributed by atoms with Gasteiger partial charge in [-0.25, -0.2) is 9.36 Å². The standard InChI is InChI=1S/C17H17F3N4O3/c1-22(2)21-12-6-7-27-13-5-4-10(8-11(12)13)24-15(25)9-14(17(18,19)20)23(3)16(24)26/h4-5,8-9H,6-7H2,1-3H3/b21-12+. The molecule has 7 nitrogen and oxygen atoms in total. The number of hydrogen-bond donors (Lipinski definition) is 0. The van der Waals surface area contributed by atoms with Gasteiger partial charge in [0.15, 0.2) is 0 Å². The Morgan fingerprint density at radius 1 is 1.19 bits per heavy atom. The molecule has 0 atom stereocenters. The summed E-state index contributed by atoms with van der Waals surface area (Å²) >= 11 is 0. The van der Waals surface area contributed by atoms with Crippen molar-refractivity contribution in [3.05, 3.63) is 56.4 Å². The SMILES string of the molecule is CN(C)/N=C1\CCOc2ccc(-n3c(=O)cc(C(F)(F)F)n(C)c3=O)cc21. The smallest absolute Gasteiger partial charge is 0.431 e. The molecule has 144 valence electrons. The van der Waals surface area contributed by atoms with E-state index in [0.29, 0.717) is 45.3 Å². The summed E-state index contributed by atoms with van der Waals surface area (Å²) < 4.78 is 45.6. The first-order valence-electron chi connectivity index (χ1n) is 8.02. The third-order valence-electron chi connectivity index (χ3n) is 4.06. The molecule has 27 heavy (non-hydrogen) atoms. The van der Waals surface area contributed by atoms with Gasteiger partial charge in [-0.05, 0) is 18.2 Å². The zero-order chi connectivity index (χ0) is 19.9. The van der Waals surface area contributed by atoms with Crippen LogP contribution in [0, 0.1) is 0 Å². The number of hydrazone groups is 1. The second-order valence-corrected chi connectivity index (χ2v) is 6.22. The normalized spacial score (nSPS) is 15.4. The molecule has 0 saturated heterocycles. The molecule has 0 amide bonds. The highest BCUT2D eigenvalue weighted by Crippen LogP contribution is 2.28. The number of benzene rings is 1. The third kappa shape index (κ3) is 3.46. The van der Waals surface area contributed by atoms with Gasteiger partial charge in [0.1, 0.15) is 11.4 Å². The van der Waals surface area contributed by atoms with Gasteiger partial charge in [0.2, 0.25) is 0 Å². The first kappa shape index (κ1) is 18.7. The minimum atomic E-state index is -4.80.